The average Bonchev–Trinajstić information content (AvgIpc) is 3.15. The first-order chi connectivity index (χ1) is 15.1. The summed E-state index contributed by atoms with van der Waals surface area (Å²) in [6.45, 7) is 5.69. The zero-order valence-corrected chi connectivity index (χ0v) is 19.8. The lowest BCUT2D eigenvalue weighted by atomic mass is 10.1. The molecular weight excluding hydrogens is 481 g/mol. The molecule has 1 N–H and O–H groups in total. The van der Waals surface area contributed by atoms with Crippen LogP contribution in [0.1, 0.15) is 37.0 Å². The fourth-order valence-corrected chi connectivity index (χ4v) is 6.48. The third kappa shape index (κ3) is 4.02. The number of aromatic nitrogens is 3. The van der Waals surface area contributed by atoms with E-state index < -0.39 is 37.3 Å². The van der Waals surface area contributed by atoms with Crippen LogP contribution in [0.3, 0.4) is 0 Å². The molecule has 1 amide bonds. The van der Waals surface area contributed by atoms with E-state index in [-0.39, 0.29) is 24.6 Å². The molecule has 0 atom stereocenters. The number of sulfone groups is 1. The quantitative estimate of drug-likeness (QED) is 0.588. The highest BCUT2D eigenvalue weighted by Crippen LogP contribution is 2.40. The lowest BCUT2D eigenvalue weighted by Crippen LogP contribution is -2.56. The summed E-state index contributed by atoms with van der Waals surface area (Å²) in [7, 11) is -4.38. The van der Waals surface area contributed by atoms with E-state index in [4.69, 9.17) is 0 Å². The Morgan fingerprint density at radius 3 is 2.42 bits per heavy atom. The monoisotopic (exact) mass is 502 g/mol. The Labute approximate surface area is 191 Å². The summed E-state index contributed by atoms with van der Waals surface area (Å²) in [5.41, 5.74) is -1.53. The fourth-order valence-electron chi connectivity index (χ4n) is 3.64. The van der Waals surface area contributed by atoms with Crippen LogP contribution in [0.25, 0.3) is 16.2 Å². The molecule has 0 aliphatic carbocycles. The molecule has 0 unspecified atom stereocenters. The van der Waals surface area contributed by atoms with Crippen LogP contribution in [0.5, 0.6) is 0 Å². The number of aryl methyl sites for hydroxylation is 1. The fraction of sp³-hybridized carbons (Fsp3) is 0.450. The highest BCUT2D eigenvalue weighted by atomic mass is 32.2. The third-order valence-corrected chi connectivity index (χ3v) is 8.85. The summed E-state index contributed by atoms with van der Waals surface area (Å²) >= 11 is 1.13. The van der Waals surface area contributed by atoms with Gasteiger partial charge in [-0.1, -0.05) is 17.4 Å². The van der Waals surface area contributed by atoms with E-state index in [0.29, 0.717) is 21.4 Å². The van der Waals surface area contributed by atoms with Crippen molar-refractivity contribution in [1.29, 1.82) is 0 Å². The van der Waals surface area contributed by atoms with Crippen molar-refractivity contribution in [3.05, 3.63) is 34.5 Å². The summed E-state index contributed by atoms with van der Waals surface area (Å²) in [6, 6.07) is 2.92. The van der Waals surface area contributed by atoms with Gasteiger partial charge in [0.1, 0.15) is 15.9 Å². The standard InChI is InChI=1S/C20H21F3N4O4S2/c1-10-16(27-18(24-10)32-17(25-27)19(3,4)29)12-5-6-14(20(21,22)23)15(7-12)33(30,31)13-8-26(9-13)11(2)28/h5-7,13,29H,8-9H2,1-4H3. The minimum atomic E-state index is -4.89. The van der Waals surface area contributed by atoms with Crippen molar-refractivity contribution in [3.8, 4) is 11.3 Å². The SMILES string of the molecule is CC(=O)N1CC(S(=O)(=O)c2cc(-c3c(C)nc4sc(C(C)(C)O)nn34)ccc2C(F)(F)F)C1. The number of carbonyl (C=O) groups excluding carboxylic acids is 1. The van der Waals surface area contributed by atoms with Crippen molar-refractivity contribution < 1.29 is 31.5 Å². The minimum absolute atomic E-state index is 0.157. The first-order valence-corrected chi connectivity index (χ1v) is 12.3. The Balaban J connectivity index is 1.87. The van der Waals surface area contributed by atoms with Gasteiger partial charge < -0.3 is 10.0 Å². The predicted octanol–water partition coefficient (Wildman–Crippen LogP) is 3.02. The molecule has 2 aromatic heterocycles. The largest absolute Gasteiger partial charge is 0.417 e. The number of imidazole rings is 1. The van der Waals surface area contributed by atoms with Crippen molar-refractivity contribution in [2.24, 2.45) is 0 Å². The Morgan fingerprint density at radius 1 is 1.24 bits per heavy atom. The normalized spacial score (nSPS) is 15.8. The maximum absolute atomic E-state index is 13.7. The number of alkyl halides is 3. The number of aliphatic hydroxyl groups is 1. The molecule has 1 saturated heterocycles. The summed E-state index contributed by atoms with van der Waals surface area (Å²) in [6.07, 6.45) is -4.89. The van der Waals surface area contributed by atoms with Gasteiger partial charge in [0.15, 0.2) is 9.84 Å². The van der Waals surface area contributed by atoms with E-state index in [0.717, 1.165) is 23.5 Å². The van der Waals surface area contributed by atoms with Crippen LogP contribution >= 0.6 is 11.3 Å². The summed E-state index contributed by atoms with van der Waals surface area (Å²) in [4.78, 5) is 16.6. The number of amides is 1. The van der Waals surface area contributed by atoms with E-state index in [1.54, 1.807) is 20.8 Å². The molecule has 33 heavy (non-hydrogen) atoms. The second-order valence-electron chi connectivity index (χ2n) is 8.51. The van der Waals surface area contributed by atoms with Crippen LogP contribution in [-0.4, -0.2) is 57.3 Å². The van der Waals surface area contributed by atoms with Crippen molar-refractivity contribution in [2.75, 3.05) is 13.1 Å². The molecule has 3 heterocycles. The number of hydrogen-bond donors (Lipinski definition) is 1. The molecule has 0 radical (unpaired) electrons. The van der Waals surface area contributed by atoms with E-state index in [1.165, 1.54) is 22.4 Å². The Hall–Kier alpha value is -2.51. The van der Waals surface area contributed by atoms with Gasteiger partial charge in [-0.2, -0.15) is 18.3 Å². The summed E-state index contributed by atoms with van der Waals surface area (Å²) < 4.78 is 68.9. The van der Waals surface area contributed by atoms with Gasteiger partial charge in [0, 0.05) is 25.6 Å². The number of rotatable bonds is 4. The smallest absolute Gasteiger partial charge is 0.383 e. The van der Waals surface area contributed by atoms with E-state index in [9.17, 15) is 31.5 Å². The number of likely N-dealkylation sites (tertiary alicyclic amines) is 1. The molecule has 1 aliphatic heterocycles. The number of fused-ring (bicyclic) bond motifs is 1. The van der Waals surface area contributed by atoms with E-state index in [1.807, 2.05) is 0 Å². The minimum Gasteiger partial charge on any atom is -0.383 e. The van der Waals surface area contributed by atoms with Crippen LogP contribution in [0.15, 0.2) is 23.1 Å². The molecule has 1 fully saturated rings. The predicted molar refractivity (Wildman–Crippen MR) is 115 cm³/mol. The number of nitrogens with zero attached hydrogens (tertiary/aromatic N) is 4. The lowest BCUT2D eigenvalue weighted by Gasteiger charge is -2.38. The number of hydrogen-bond acceptors (Lipinski definition) is 7. The van der Waals surface area contributed by atoms with Gasteiger partial charge in [0.2, 0.25) is 10.9 Å². The highest BCUT2D eigenvalue weighted by Gasteiger charge is 2.44. The second kappa shape index (κ2) is 7.50. The molecule has 0 spiro atoms. The molecule has 1 aromatic carbocycles. The molecule has 8 nitrogen and oxygen atoms in total. The molecule has 13 heteroatoms. The van der Waals surface area contributed by atoms with Gasteiger partial charge >= 0.3 is 6.18 Å². The van der Waals surface area contributed by atoms with Crippen LogP contribution < -0.4 is 0 Å². The molecule has 4 rings (SSSR count). The van der Waals surface area contributed by atoms with Crippen molar-refractivity contribution in [1.82, 2.24) is 19.5 Å². The van der Waals surface area contributed by atoms with Gasteiger partial charge in [-0.3, -0.25) is 4.79 Å². The van der Waals surface area contributed by atoms with E-state index >= 15 is 0 Å². The zero-order chi connectivity index (χ0) is 24.5. The average molecular weight is 503 g/mol. The van der Waals surface area contributed by atoms with Gasteiger partial charge in [-0.15, -0.1) is 0 Å². The highest BCUT2D eigenvalue weighted by molar-refractivity contribution is 7.92. The van der Waals surface area contributed by atoms with Crippen LogP contribution in [0.2, 0.25) is 0 Å². The van der Waals surface area contributed by atoms with Crippen molar-refractivity contribution in [3.63, 3.8) is 0 Å². The van der Waals surface area contributed by atoms with Gasteiger partial charge in [-0.05, 0) is 32.9 Å². The number of carbonyl (C=O) groups is 1. The van der Waals surface area contributed by atoms with Crippen molar-refractivity contribution >= 4 is 32.0 Å². The van der Waals surface area contributed by atoms with Gasteiger partial charge in [0.25, 0.3) is 0 Å². The number of halogens is 3. The maximum atomic E-state index is 13.7. The Kier molecular flexibility index (Phi) is 5.37. The second-order valence-corrected chi connectivity index (χ2v) is 11.7. The molecule has 0 saturated carbocycles. The Bertz CT molecular complexity index is 1360. The van der Waals surface area contributed by atoms with Crippen LogP contribution in [0.4, 0.5) is 13.2 Å². The summed E-state index contributed by atoms with van der Waals surface area (Å²) in [5.74, 6) is -0.338. The lowest BCUT2D eigenvalue weighted by molar-refractivity contribution is -0.140. The third-order valence-electron chi connectivity index (χ3n) is 5.50. The molecule has 3 aromatic rings. The molecular formula is C20H21F3N4O4S2. The Morgan fingerprint density at radius 2 is 1.88 bits per heavy atom. The van der Waals surface area contributed by atoms with Gasteiger partial charge in [-0.25, -0.2) is 17.9 Å². The van der Waals surface area contributed by atoms with Crippen LogP contribution in [0, 0.1) is 6.92 Å². The first-order valence-electron chi connectivity index (χ1n) is 9.90. The number of benzene rings is 1. The molecule has 178 valence electrons. The van der Waals surface area contributed by atoms with Crippen LogP contribution in [-0.2, 0) is 26.4 Å². The van der Waals surface area contributed by atoms with E-state index in [2.05, 4.69) is 10.1 Å². The van der Waals surface area contributed by atoms with Crippen molar-refractivity contribution in [2.45, 2.75) is 49.6 Å². The van der Waals surface area contributed by atoms with Gasteiger partial charge in [0.05, 0.1) is 21.8 Å². The summed E-state index contributed by atoms with van der Waals surface area (Å²) in [5, 5.41) is 13.8. The first kappa shape index (κ1) is 23.6. The molecule has 1 aliphatic rings. The maximum Gasteiger partial charge on any atom is 0.417 e. The molecule has 0 bridgehead atoms. The zero-order valence-electron chi connectivity index (χ0n) is 18.1. The topological polar surface area (TPSA) is 105 Å².